The van der Waals surface area contributed by atoms with Crippen LogP contribution in [-0.4, -0.2) is 12.5 Å². The molecule has 0 saturated carbocycles. The van der Waals surface area contributed by atoms with E-state index in [1.807, 2.05) is 6.07 Å². The van der Waals surface area contributed by atoms with Gasteiger partial charge in [-0.1, -0.05) is 30.3 Å². The smallest absolute Gasteiger partial charge is 0.224 e. The van der Waals surface area contributed by atoms with Crippen molar-refractivity contribution >= 4 is 17.5 Å². The Morgan fingerprint density at radius 2 is 2.06 bits per heavy atom. The van der Waals surface area contributed by atoms with E-state index in [0.717, 1.165) is 5.56 Å². The summed E-state index contributed by atoms with van der Waals surface area (Å²) in [5, 5.41) is 11.6. The molecule has 4 heteroatoms. The molecule has 1 rings (SSSR count). The molecular formula is C12H11ClN2O. The van der Waals surface area contributed by atoms with Crippen LogP contribution in [0.3, 0.4) is 0 Å². The molecule has 0 bridgehead atoms. The SMILES string of the molecule is C=C(Cl)CNC(=O)Cc1ccc(C#N)cc1. The second-order valence-electron chi connectivity index (χ2n) is 3.28. The third kappa shape index (κ3) is 4.16. The number of nitrogens with one attached hydrogen (secondary N) is 1. The van der Waals surface area contributed by atoms with Crippen molar-refractivity contribution in [1.82, 2.24) is 5.32 Å². The molecule has 0 spiro atoms. The summed E-state index contributed by atoms with van der Waals surface area (Å²) in [6.45, 7) is 3.75. The quantitative estimate of drug-likeness (QED) is 0.866. The van der Waals surface area contributed by atoms with E-state index in [2.05, 4.69) is 11.9 Å². The molecule has 0 heterocycles. The number of hydrogen-bond acceptors (Lipinski definition) is 2. The second-order valence-corrected chi connectivity index (χ2v) is 3.81. The Morgan fingerprint density at radius 3 is 2.56 bits per heavy atom. The van der Waals surface area contributed by atoms with Crippen LogP contribution in [0.25, 0.3) is 0 Å². The highest BCUT2D eigenvalue weighted by Crippen LogP contribution is 2.04. The molecule has 0 aliphatic rings. The largest absolute Gasteiger partial charge is 0.351 e. The third-order valence-electron chi connectivity index (χ3n) is 1.93. The summed E-state index contributed by atoms with van der Waals surface area (Å²) < 4.78 is 0. The highest BCUT2D eigenvalue weighted by atomic mass is 35.5. The van der Waals surface area contributed by atoms with Crippen LogP contribution in [0.4, 0.5) is 0 Å². The van der Waals surface area contributed by atoms with Crippen LogP contribution in [-0.2, 0) is 11.2 Å². The van der Waals surface area contributed by atoms with Gasteiger partial charge in [0.1, 0.15) is 0 Å². The van der Waals surface area contributed by atoms with Crippen molar-refractivity contribution in [3.05, 3.63) is 47.0 Å². The first-order valence-corrected chi connectivity index (χ1v) is 5.08. The molecule has 82 valence electrons. The number of halogens is 1. The summed E-state index contributed by atoms with van der Waals surface area (Å²) in [6, 6.07) is 8.90. The Morgan fingerprint density at radius 1 is 1.44 bits per heavy atom. The van der Waals surface area contributed by atoms with E-state index in [0.29, 0.717) is 10.6 Å². The number of carbonyl (C=O) groups is 1. The number of benzene rings is 1. The van der Waals surface area contributed by atoms with E-state index in [1.54, 1.807) is 24.3 Å². The van der Waals surface area contributed by atoms with Crippen LogP contribution in [0.5, 0.6) is 0 Å². The molecule has 1 aromatic carbocycles. The van der Waals surface area contributed by atoms with Crippen molar-refractivity contribution in [2.75, 3.05) is 6.54 Å². The van der Waals surface area contributed by atoms with Crippen LogP contribution in [0.1, 0.15) is 11.1 Å². The van der Waals surface area contributed by atoms with Crippen molar-refractivity contribution in [2.45, 2.75) is 6.42 Å². The molecular weight excluding hydrogens is 224 g/mol. The fraction of sp³-hybridized carbons (Fsp3) is 0.167. The molecule has 0 aromatic heterocycles. The number of nitriles is 1. The van der Waals surface area contributed by atoms with Crippen molar-refractivity contribution in [3.63, 3.8) is 0 Å². The second kappa shape index (κ2) is 5.94. The predicted molar refractivity (Wildman–Crippen MR) is 62.9 cm³/mol. The zero-order valence-corrected chi connectivity index (χ0v) is 9.42. The van der Waals surface area contributed by atoms with Crippen LogP contribution in [0.15, 0.2) is 35.9 Å². The topological polar surface area (TPSA) is 52.9 Å². The lowest BCUT2D eigenvalue weighted by Crippen LogP contribution is -2.26. The lowest BCUT2D eigenvalue weighted by molar-refractivity contribution is -0.120. The lowest BCUT2D eigenvalue weighted by atomic mass is 10.1. The van der Waals surface area contributed by atoms with E-state index >= 15 is 0 Å². The summed E-state index contributed by atoms with van der Waals surface area (Å²) in [4.78, 5) is 11.4. The van der Waals surface area contributed by atoms with Gasteiger partial charge in [0.15, 0.2) is 0 Å². The van der Waals surface area contributed by atoms with Gasteiger partial charge in [-0.05, 0) is 17.7 Å². The highest BCUT2D eigenvalue weighted by Gasteiger charge is 2.02. The van der Waals surface area contributed by atoms with E-state index < -0.39 is 0 Å². The Bertz CT molecular complexity index is 431. The molecule has 0 radical (unpaired) electrons. The third-order valence-corrected chi connectivity index (χ3v) is 2.06. The summed E-state index contributed by atoms with van der Waals surface area (Å²) in [6.07, 6.45) is 0.274. The number of carbonyl (C=O) groups excluding carboxylic acids is 1. The Kier molecular flexibility index (Phi) is 4.56. The van der Waals surface area contributed by atoms with Gasteiger partial charge >= 0.3 is 0 Å². The standard InChI is InChI=1S/C12H11ClN2O/c1-9(13)8-15-12(16)6-10-2-4-11(7-14)5-3-10/h2-5H,1,6,8H2,(H,15,16). The molecule has 1 N–H and O–H groups in total. The monoisotopic (exact) mass is 234 g/mol. The Balaban J connectivity index is 2.50. The summed E-state index contributed by atoms with van der Waals surface area (Å²) >= 11 is 5.52. The van der Waals surface area contributed by atoms with Gasteiger partial charge in [-0.25, -0.2) is 0 Å². The number of hydrogen-bond donors (Lipinski definition) is 1. The molecule has 0 fully saturated rings. The van der Waals surface area contributed by atoms with Crippen LogP contribution in [0, 0.1) is 11.3 Å². The fourth-order valence-corrected chi connectivity index (χ4v) is 1.21. The average molecular weight is 235 g/mol. The minimum Gasteiger partial charge on any atom is -0.351 e. The van der Waals surface area contributed by atoms with Gasteiger partial charge in [-0.3, -0.25) is 4.79 Å². The maximum Gasteiger partial charge on any atom is 0.224 e. The van der Waals surface area contributed by atoms with Crippen LogP contribution in [0.2, 0.25) is 0 Å². The first kappa shape index (κ1) is 12.3. The molecule has 0 aliphatic heterocycles. The van der Waals surface area contributed by atoms with Crippen LogP contribution < -0.4 is 5.32 Å². The van der Waals surface area contributed by atoms with E-state index in [9.17, 15) is 4.79 Å². The van der Waals surface area contributed by atoms with Crippen molar-refractivity contribution in [3.8, 4) is 6.07 Å². The van der Waals surface area contributed by atoms with Gasteiger partial charge in [0.05, 0.1) is 24.6 Å². The molecule has 0 aliphatic carbocycles. The normalized spacial score (nSPS) is 9.25. The number of rotatable bonds is 4. The number of nitrogens with zero attached hydrogens (tertiary/aromatic N) is 1. The van der Waals surface area contributed by atoms with Crippen molar-refractivity contribution in [2.24, 2.45) is 0 Å². The molecule has 0 unspecified atom stereocenters. The first-order chi connectivity index (χ1) is 7.61. The van der Waals surface area contributed by atoms with E-state index in [1.165, 1.54) is 0 Å². The van der Waals surface area contributed by atoms with Gasteiger partial charge in [0.25, 0.3) is 0 Å². The number of amides is 1. The Hall–Kier alpha value is -1.79. The van der Waals surface area contributed by atoms with Crippen molar-refractivity contribution < 1.29 is 4.79 Å². The van der Waals surface area contributed by atoms with E-state index in [4.69, 9.17) is 16.9 Å². The van der Waals surface area contributed by atoms with Crippen LogP contribution >= 0.6 is 11.6 Å². The zero-order valence-electron chi connectivity index (χ0n) is 8.66. The van der Waals surface area contributed by atoms with Gasteiger partial charge < -0.3 is 5.32 Å². The lowest BCUT2D eigenvalue weighted by Gasteiger charge is -2.03. The van der Waals surface area contributed by atoms with Gasteiger partial charge in [-0.15, -0.1) is 0 Å². The predicted octanol–water partition coefficient (Wildman–Crippen LogP) is 1.97. The Labute approximate surface area is 99.3 Å². The van der Waals surface area contributed by atoms with Gasteiger partial charge in [-0.2, -0.15) is 5.26 Å². The molecule has 0 atom stereocenters. The van der Waals surface area contributed by atoms with Gasteiger partial charge in [0, 0.05) is 5.03 Å². The average Bonchev–Trinajstić information content (AvgIpc) is 2.27. The molecule has 16 heavy (non-hydrogen) atoms. The maximum absolute atomic E-state index is 11.4. The maximum atomic E-state index is 11.4. The zero-order chi connectivity index (χ0) is 12.0. The summed E-state index contributed by atoms with van der Waals surface area (Å²) in [5.41, 5.74) is 1.44. The van der Waals surface area contributed by atoms with Gasteiger partial charge in [0.2, 0.25) is 5.91 Å². The first-order valence-electron chi connectivity index (χ1n) is 4.71. The molecule has 1 aromatic rings. The fourth-order valence-electron chi connectivity index (χ4n) is 1.14. The minimum atomic E-state index is -0.119. The molecule has 1 amide bonds. The van der Waals surface area contributed by atoms with E-state index in [-0.39, 0.29) is 18.9 Å². The minimum absolute atomic E-state index is 0.119. The summed E-state index contributed by atoms with van der Waals surface area (Å²) in [5.74, 6) is -0.119. The highest BCUT2D eigenvalue weighted by molar-refractivity contribution is 6.29. The van der Waals surface area contributed by atoms with Crippen molar-refractivity contribution in [1.29, 1.82) is 5.26 Å². The molecule has 3 nitrogen and oxygen atoms in total. The summed E-state index contributed by atoms with van der Waals surface area (Å²) in [7, 11) is 0. The molecule has 0 saturated heterocycles.